The molecule has 1 fully saturated rings. The number of anilines is 1. The molecule has 0 unspecified atom stereocenters. The molecule has 1 aliphatic heterocycles. The highest BCUT2D eigenvalue weighted by atomic mass is 32.1. The average Bonchev–Trinajstić information content (AvgIpc) is 3.29. The van der Waals surface area contributed by atoms with Crippen molar-refractivity contribution in [2.45, 2.75) is 33.3 Å². The van der Waals surface area contributed by atoms with Gasteiger partial charge in [0.1, 0.15) is 28.8 Å². The molecule has 0 amide bonds. The van der Waals surface area contributed by atoms with E-state index in [9.17, 15) is 0 Å². The third-order valence-electron chi connectivity index (χ3n) is 5.26. The van der Waals surface area contributed by atoms with Gasteiger partial charge in [0, 0.05) is 36.3 Å². The summed E-state index contributed by atoms with van der Waals surface area (Å²) in [6.45, 7) is 7.73. The summed E-state index contributed by atoms with van der Waals surface area (Å²) in [6.07, 6.45) is 4.52. The van der Waals surface area contributed by atoms with Crippen LogP contribution < -0.4 is 9.64 Å². The van der Waals surface area contributed by atoms with Crippen LogP contribution in [-0.4, -0.2) is 44.3 Å². The summed E-state index contributed by atoms with van der Waals surface area (Å²) in [5, 5.41) is 9.74. The number of thiophene rings is 1. The van der Waals surface area contributed by atoms with Crippen molar-refractivity contribution in [3.63, 3.8) is 0 Å². The zero-order valence-corrected chi connectivity index (χ0v) is 16.8. The van der Waals surface area contributed by atoms with Crippen molar-refractivity contribution < 1.29 is 4.74 Å². The van der Waals surface area contributed by atoms with Crippen LogP contribution in [0.2, 0.25) is 0 Å². The van der Waals surface area contributed by atoms with E-state index in [0.29, 0.717) is 0 Å². The molecule has 142 valence electrons. The zero-order valence-electron chi connectivity index (χ0n) is 16.0. The fourth-order valence-corrected chi connectivity index (χ4v) is 4.85. The number of aryl methyl sites for hydroxylation is 3. The predicted octanol–water partition coefficient (Wildman–Crippen LogP) is 3.61. The minimum Gasteiger partial charge on any atom is -0.488 e. The second-order valence-electron chi connectivity index (χ2n) is 7.18. The largest absolute Gasteiger partial charge is 0.488 e. The number of hydrogen-bond acceptors (Lipinski definition) is 8. The molecule has 0 aliphatic carbocycles. The van der Waals surface area contributed by atoms with Gasteiger partial charge in [0.05, 0.1) is 22.5 Å². The topological polar surface area (TPSA) is 76.9 Å². The first-order valence-corrected chi connectivity index (χ1v) is 10.1. The molecule has 0 aromatic carbocycles. The Hall–Kier alpha value is -2.87. The SMILES string of the molecule is Cc1cc(O[C@@H]2CCN(c3ncnc4c3sc3nnc(C)c(C)c34)C2)ccn1. The Balaban J connectivity index is 1.47. The van der Waals surface area contributed by atoms with Crippen molar-refractivity contribution in [2.75, 3.05) is 18.0 Å². The minimum absolute atomic E-state index is 0.130. The Morgan fingerprint density at radius 3 is 2.89 bits per heavy atom. The van der Waals surface area contributed by atoms with Crippen LogP contribution >= 0.6 is 11.3 Å². The number of pyridine rings is 1. The first kappa shape index (κ1) is 17.2. The van der Waals surface area contributed by atoms with Gasteiger partial charge in [0.25, 0.3) is 0 Å². The van der Waals surface area contributed by atoms with Gasteiger partial charge in [0.2, 0.25) is 0 Å². The van der Waals surface area contributed by atoms with E-state index >= 15 is 0 Å². The third-order valence-corrected chi connectivity index (χ3v) is 6.32. The quantitative estimate of drug-likeness (QED) is 0.527. The fraction of sp³-hybridized carbons (Fsp3) is 0.350. The Kier molecular flexibility index (Phi) is 4.08. The molecule has 1 atom stereocenters. The molecule has 0 N–H and O–H groups in total. The van der Waals surface area contributed by atoms with Crippen LogP contribution in [0.5, 0.6) is 5.75 Å². The van der Waals surface area contributed by atoms with Crippen molar-refractivity contribution >= 4 is 37.6 Å². The van der Waals surface area contributed by atoms with Crippen molar-refractivity contribution in [3.8, 4) is 5.75 Å². The van der Waals surface area contributed by atoms with E-state index in [4.69, 9.17) is 4.74 Å². The lowest BCUT2D eigenvalue weighted by Crippen LogP contribution is -2.25. The zero-order chi connectivity index (χ0) is 19.3. The van der Waals surface area contributed by atoms with Crippen LogP contribution in [0, 0.1) is 20.8 Å². The number of aromatic nitrogens is 5. The number of nitrogens with zero attached hydrogens (tertiary/aromatic N) is 6. The normalized spacial score (nSPS) is 17.0. The molecule has 7 nitrogen and oxygen atoms in total. The monoisotopic (exact) mass is 392 g/mol. The maximum Gasteiger partial charge on any atom is 0.150 e. The molecule has 0 saturated carbocycles. The lowest BCUT2D eigenvalue weighted by molar-refractivity contribution is 0.224. The molecule has 1 saturated heterocycles. The Morgan fingerprint density at radius 2 is 2.04 bits per heavy atom. The number of fused-ring (bicyclic) bond motifs is 3. The van der Waals surface area contributed by atoms with Crippen LogP contribution in [0.15, 0.2) is 24.7 Å². The van der Waals surface area contributed by atoms with E-state index in [1.165, 1.54) is 0 Å². The smallest absolute Gasteiger partial charge is 0.150 e. The molecule has 0 spiro atoms. The van der Waals surface area contributed by atoms with Gasteiger partial charge in [-0.2, -0.15) is 5.10 Å². The number of hydrogen-bond donors (Lipinski definition) is 0. The molecule has 1 aliphatic rings. The molecule has 5 heterocycles. The van der Waals surface area contributed by atoms with E-state index in [1.54, 1.807) is 23.9 Å². The van der Waals surface area contributed by atoms with Crippen molar-refractivity contribution in [3.05, 3.63) is 41.6 Å². The van der Waals surface area contributed by atoms with Gasteiger partial charge in [-0.25, -0.2) is 9.97 Å². The van der Waals surface area contributed by atoms with Gasteiger partial charge < -0.3 is 9.64 Å². The molecule has 0 bridgehead atoms. The summed E-state index contributed by atoms with van der Waals surface area (Å²) in [6, 6.07) is 3.88. The molecule has 4 aromatic heterocycles. The first-order chi connectivity index (χ1) is 13.6. The highest BCUT2D eigenvalue weighted by Crippen LogP contribution is 2.38. The standard InChI is InChI=1S/C20H20N6OS/c1-11-8-14(4-6-21-11)27-15-5-7-26(9-15)19-18-17(22-10-23-19)16-12(2)13(3)24-25-20(16)28-18/h4,6,8,10,15H,5,7,9H2,1-3H3/t15-/m1/s1. The average molecular weight is 392 g/mol. The highest BCUT2D eigenvalue weighted by molar-refractivity contribution is 7.26. The molecular formula is C20H20N6OS. The van der Waals surface area contributed by atoms with E-state index in [2.05, 4.69) is 37.0 Å². The molecular weight excluding hydrogens is 372 g/mol. The van der Waals surface area contributed by atoms with Crippen LogP contribution in [0.1, 0.15) is 23.4 Å². The summed E-state index contributed by atoms with van der Waals surface area (Å²) in [5.74, 6) is 1.83. The number of ether oxygens (including phenoxy) is 1. The van der Waals surface area contributed by atoms with Gasteiger partial charge in [-0.1, -0.05) is 0 Å². The van der Waals surface area contributed by atoms with Crippen molar-refractivity contribution in [1.29, 1.82) is 0 Å². The maximum absolute atomic E-state index is 6.17. The second kappa shape index (κ2) is 6.63. The van der Waals surface area contributed by atoms with Crippen LogP contribution in [0.4, 0.5) is 5.82 Å². The predicted molar refractivity (Wildman–Crippen MR) is 110 cm³/mol. The first-order valence-electron chi connectivity index (χ1n) is 9.31. The molecule has 5 rings (SSSR count). The summed E-state index contributed by atoms with van der Waals surface area (Å²) in [4.78, 5) is 16.6. The summed E-state index contributed by atoms with van der Waals surface area (Å²) in [5.41, 5.74) is 4.00. The number of rotatable bonds is 3. The maximum atomic E-state index is 6.17. The van der Waals surface area contributed by atoms with Gasteiger partial charge >= 0.3 is 0 Å². The van der Waals surface area contributed by atoms with E-state index in [0.717, 1.165) is 68.5 Å². The van der Waals surface area contributed by atoms with E-state index < -0.39 is 0 Å². The molecule has 28 heavy (non-hydrogen) atoms. The van der Waals surface area contributed by atoms with E-state index in [-0.39, 0.29) is 6.10 Å². The van der Waals surface area contributed by atoms with Gasteiger partial charge in [0.15, 0.2) is 0 Å². The second-order valence-corrected chi connectivity index (χ2v) is 8.17. The van der Waals surface area contributed by atoms with Gasteiger partial charge in [-0.15, -0.1) is 16.4 Å². The van der Waals surface area contributed by atoms with Crippen molar-refractivity contribution in [1.82, 2.24) is 25.1 Å². The van der Waals surface area contributed by atoms with Gasteiger partial charge in [-0.3, -0.25) is 4.98 Å². The highest BCUT2D eigenvalue weighted by Gasteiger charge is 2.28. The molecule has 0 radical (unpaired) electrons. The van der Waals surface area contributed by atoms with Gasteiger partial charge in [-0.05, 0) is 32.4 Å². The Bertz CT molecular complexity index is 1190. The van der Waals surface area contributed by atoms with Crippen LogP contribution in [0.3, 0.4) is 0 Å². The molecule has 8 heteroatoms. The minimum atomic E-state index is 0.130. The third kappa shape index (κ3) is 2.84. The lowest BCUT2D eigenvalue weighted by Gasteiger charge is -2.18. The van der Waals surface area contributed by atoms with Crippen LogP contribution in [0.25, 0.3) is 20.4 Å². The Labute approximate surface area is 166 Å². The summed E-state index contributed by atoms with van der Waals surface area (Å²) >= 11 is 1.62. The lowest BCUT2D eigenvalue weighted by atomic mass is 10.1. The van der Waals surface area contributed by atoms with Crippen molar-refractivity contribution in [2.24, 2.45) is 0 Å². The Morgan fingerprint density at radius 1 is 1.14 bits per heavy atom. The summed E-state index contributed by atoms with van der Waals surface area (Å²) in [7, 11) is 0. The molecule has 4 aromatic rings. The summed E-state index contributed by atoms with van der Waals surface area (Å²) < 4.78 is 7.24. The van der Waals surface area contributed by atoms with E-state index in [1.807, 2.05) is 26.0 Å². The van der Waals surface area contributed by atoms with Crippen LogP contribution in [-0.2, 0) is 0 Å². The fourth-order valence-electron chi connectivity index (χ4n) is 3.70.